The molecule has 4 aromatic carbocycles. The zero-order valence-corrected chi connectivity index (χ0v) is 20.6. The van der Waals surface area contributed by atoms with Gasteiger partial charge < -0.3 is 10.2 Å². The summed E-state index contributed by atoms with van der Waals surface area (Å²) in [7, 11) is -13.3. The molecule has 0 atom stereocenters. The molecule has 0 radical (unpaired) electrons. The average Bonchev–Trinajstić information content (AvgIpc) is 2.80. The minimum Gasteiger partial charge on any atom is -0.508 e. The van der Waals surface area contributed by atoms with Gasteiger partial charge in [-0.25, -0.2) is 30.4 Å². The molecule has 0 aliphatic rings. The third kappa shape index (κ3) is 5.21. The summed E-state index contributed by atoms with van der Waals surface area (Å²) in [6, 6.07) is 15.9. The maximum absolute atomic E-state index is 13.3. The second-order valence-electron chi connectivity index (χ2n) is 7.62. The van der Waals surface area contributed by atoms with Crippen LogP contribution in [0.15, 0.2) is 93.5 Å². The van der Waals surface area contributed by atoms with Gasteiger partial charge >= 0.3 is 0 Å². The van der Waals surface area contributed by atoms with Crippen molar-refractivity contribution < 1.29 is 35.5 Å². The van der Waals surface area contributed by atoms with Crippen LogP contribution in [0.4, 0.5) is 11.4 Å². The van der Waals surface area contributed by atoms with E-state index in [9.17, 15) is 35.5 Å². The van der Waals surface area contributed by atoms with Crippen LogP contribution in [-0.4, -0.2) is 35.5 Å². The van der Waals surface area contributed by atoms with Gasteiger partial charge in [0.1, 0.15) is 11.5 Å². The van der Waals surface area contributed by atoms with E-state index in [0.717, 1.165) is 12.1 Å². The Kier molecular flexibility index (Phi) is 6.30. The van der Waals surface area contributed by atoms with Crippen molar-refractivity contribution in [1.29, 1.82) is 0 Å². The Balaban J connectivity index is 1.93. The molecular weight excluding hydrogens is 530 g/mol. The Bertz CT molecular complexity index is 1790. The Hall–Kier alpha value is -3.85. The number of hydrogen-bond acceptors (Lipinski definition) is 8. The number of hydrogen-bond donors (Lipinski definition) is 5. The first-order valence-electron chi connectivity index (χ1n) is 9.99. The van der Waals surface area contributed by atoms with Gasteiger partial charge in [-0.05, 0) is 66.7 Å². The average molecular weight is 550 g/mol. The number of anilines is 2. The van der Waals surface area contributed by atoms with Crippen LogP contribution >= 0.6 is 0 Å². The lowest BCUT2D eigenvalue weighted by Crippen LogP contribution is -2.18. The topological polar surface area (TPSA) is 193 Å². The van der Waals surface area contributed by atoms with E-state index in [1.54, 1.807) is 0 Å². The molecule has 0 aromatic heterocycles. The number of phenols is 2. The molecule has 0 amide bonds. The van der Waals surface area contributed by atoms with Crippen LogP contribution in [0, 0.1) is 0 Å². The van der Waals surface area contributed by atoms with Crippen molar-refractivity contribution in [3.63, 3.8) is 0 Å². The van der Waals surface area contributed by atoms with Crippen LogP contribution in [0.2, 0.25) is 0 Å². The third-order valence-electron chi connectivity index (χ3n) is 5.04. The van der Waals surface area contributed by atoms with Crippen LogP contribution in [0.5, 0.6) is 11.5 Å². The highest BCUT2D eigenvalue weighted by Crippen LogP contribution is 2.33. The van der Waals surface area contributed by atoms with Crippen LogP contribution in [0.25, 0.3) is 10.8 Å². The largest absolute Gasteiger partial charge is 0.508 e. The van der Waals surface area contributed by atoms with E-state index in [0.29, 0.717) is 0 Å². The lowest BCUT2D eigenvalue weighted by molar-refractivity contribution is 0.475. The Labute approximate surface area is 207 Å². The summed E-state index contributed by atoms with van der Waals surface area (Å²) in [5, 5.41) is 23.8. The van der Waals surface area contributed by atoms with Crippen molar-refractivity contribution in [2.75, 3.05) is 9.44 Å². The van der Waals surface area contributed by atoms with Gasteiger partial charge in [0.2, 0.25) is 10.0 Å². The van der Waals surface area contributed by atoms with Gasteiger partial charge in [0, 0.05) is 22.1 Å². The van der Waals surface area contributed by atoms with E-state index in [4.69, 9.17) is 5.14 Å². The third-order valence-corrected chi connectivity index (χ3v) is 8.79. The molecule has 0 aliphatic heterocycles. The molecule has 188 valence electrons. The molecule has 0 aliphatic carbocycles. The maximum Gasteiger partial charge on any atom is 0.262 e. The van der Waals surface area contributed by atoms with Crippen molar-refractivity contribution in [2.45, 2.75) is 14.7 Å². The standard InChI is InChI=1S/C22H19N3O8S3/c23-34(28,29)18-12-20-19(22(13-18)36(32,33)25-15-6-10-17(27)11-7-15)2-1-3-21(20)35(30,31)24-14-4-8-16(26)9-5-14/h1-13,24-27H,(H2,23,28,29). The van der Waals surface area contributed by atoms with Gasteiger partial charge in [-0.1, -0.05) is 12.1 Å². The summed E-state index contributed by atoms with van der Waals surface area (Å²) in [4.78, 5) is -1.55. The number of primary sulfonamides is 1. The number of nitrogens with one attached hydrogen (secondary N) is 2. The summed E-state index contributed by atoms with van der Waals surface area (Å²) in [5.74, 6) is -0.188. The fourth-order valence-corrected chi connectivity index (χ4v) is 6.62. The van der Waals surface area contributed by atoms with Gasteiger partial charge in [0.25, 0.3) is 20.0 Å². The van der Waals surface area contributed by atoms with E-state index in [1.807, 2.05) is 0 Å². The molecule has 0 saturated carbocycles. The van der Waals surface area contributed by atoms with E-state index in [-0.39, 0.29) is 33.6 Å². The molecule has 6 N–H and O–H groups in total. The number of nitrogens with two attached hydrogens (primary N) is 1. The normalized spacial score (nSPS) is 12.4. The van der Waals surface area contributed by atoms with E-state index in [1.165, 1.54) is 66.7 Å². The molecule has 0 saturated heterocycles. The monoisotopic (exact) mass is 549 g/mol. The van der Waals surface area contributed by atoms with Crippen molar-refractivity contribution in [2.24, 2.45) is 5.14 Å². The highest BCUT2D eigenvalue weighted by Gasteiger charge is 2.26. The maximum atomic E-state index is 13.3. The summed E-state index contributed by atoms with van der Waals surface area (Å²) in [6.07, 6.45) is 0. The lowest BCUT2D eigenvalue weighted by atomic mass is 10.1. The molecule has 0 spiro atoms. The smallest absolute Gasteiger partial charge is 0.262 e. The lowest BCUT2D eigenvalue weighted by Gasteiger charge is -2.15. The quantitative estimate of drug-likeness (QED) is 0.217. The molecule has 11 nitrogen and oxygen atoms in total. The van der Waals surface area contributed by atoms with Gasteiger partial charge in [0.15, 0.2) is 0 Å². The first-order valence-corrected chi connectivity index (χ1v) is 14.5. The van der Waals surface area contributed by atoms with Crippen molar-refractivity contribution in [3.8, 4) is 11.5 Å². The highest BCUT2D eigenvalue weighted by atomic mass is 32.2. The second-order valence-corrected chi connectivity index (χ2v) is 12.5. The minimum atomic E-state index is -4.46. The summed E-state index contributed by atoms with van der Waals surface area (Å²) < 4.78 is 81.9. The number of fused-ring (bicyclic) bond motifs is 1. The number of phenolic OH excluding ortho intramolecular Hbond substituents is 2. The molecule has 36 heavy (non-hydrogen) atoms. The second kappa shape index (κ2) is 8.98. The van der Waals surface area contributed by atoms with Gasteiger partial charge in [-0.15, -0.1) is 0 Å². The molecule has 4 aromatic rings. The molecule has 0 bridgehead atoms. The predicted octanol–water partition coefficient (Wildman–Crippen LogP) is 2.50. The van der Waals surface area contributed by atoms with Crippen LogP contribution < -0.4 is 14.6 Å². The predicted molar refractivity (Wildman–Crippen MR) is 133 cm³/mol. The van der Waals surface area contributed by atoms with E-state index < -0.39 is 44.8 Å². The van der Waals surface area contributed by atoms with Crippen molar-refractivity contribution in [3.05, 3.63) is 78.9 Å². The molecule has 0 fully saturated rings. The molecule has 0 heterocycles. The molecule has 14 heteroatoms. The summed E-state index contributed by atoms with van der Waals surface area (Å²) in [5.41, 5.74) is 0.175. The summed E-state index contributed by atoms with van der Waals surface area (Å²) >= 11 is 0. The SMILES string of the molecule is NS(=O)(=O)c1cc(S(=O)(=O)Nc2ccc(O)cc2)c2cccc(S(=O)(=O)Nc3ccc(O)cc3)c2c1. The highest BCUT2D eigenvalue weighted by molar-refractivity contribution is 7.93. The summed E-state index contributed by atoms with van der Waals surface area (Å²) in [6.45, 7) is 0. The molecule has 0 unspecified atom stereocenters. The van der Waals surface area contributed by atoms with Crippen molar-refractivity contribution >= 4 is 52.2 Å². The van der Waals surface area contributed by atoms with E-state index in [2.05, 4.69) is 9.44 Å². The van der Waals surface area contributed by atoms with Crippen LogP contribution in [0.1, 0.15) is 0 Å². The fourth-order valence-electron chi connectivity index (χ4n) is 3.40. The van der Waals surface area contributed by atoms with Crippen molar-refractivity contribution in [1.82, 2.24) is 0 Å². The van der Waals surface area contributed by atoms with Crippen LogP contribution in [-0.2, 0) is 30.1 Å². The zero-order chi connectivity index (χ0) is 26.3. The number of benzene rings is 4. The zero-order valence-electron chi connectivity index (χ0n) is 18.2. The number of aromatic hydroxyl groups is 2. The Morgan fingerprint density at radius 2 is 1.06 bits per heavy atom. The minimum absolute atomic E-state index is 0.0692. The van der Waals surface area contributed by atoms with Gasteiger partial charge in [0.05, 0.1) is 14.7 Å². The molecular formula is C22H19N3O8S3. The molecule has 4 rings (SSSR count). The van der Waals surface area contributed by atoms with Crippen LogP contribution in [0.3, 0.4) is 0 Å². The number of rotatable bonds is 7. The van der Waals surface area contributed by atoms with Gasteiger partial charge in [-0.3, -0.25) is 9.44 Å². The Morgan fingerprint density at radius 1 is 0.583 bits per heavy atom. The fraction of sp³-hybridized carbons (Fsp3) is 0. The van der Waals surface area contributed by atoms with E-state index >= 15 is 0 Å². The number of sulfonamides is 3. The first-order chi connectivity index (χ1) is 16.8. The van der Waals surface area contributed by atoms with Gasteiger partial charge in [-0.2, -0.15) is 0 Å². The first kappa shape index (κ1) is 25.2. The Morgan fingerprint density at radius 3 is 1.53 bits per heavy atom.